The molecule has 0 fully saturated rings. The molecule has 1 N–H and O–H groups in total. The topological polar surface area (TPSA) is 119 Å². The zero-order valence-electron chi connectivity index (χ0n) is 21.8. The second-order valence-corrected chi connectivity index (χ2v) is 9.45. The molecule has 2 amide bonds. The van der Waals surface area contributed by atoms with Gasteiger partial charge < -0.3 is 10.1 Å². The number of rotatable bonds is 9. The predicted molar refractivity (Wildman–Crippen MR) is 142 cm³/mol. The number of carbonyl (C=O) groups excluding carboxylic acids is 3. The fraction of sp³-hybridized carbons (Fsp3) is 0.286. The van der Waals surface area contributed by atoms with E-state index in [9.17, 15) is 14.4 Å². The Bertz CT molecular complexity index is 1430. The van der Waals surface area contributed by atoms with Gasteiger partial charge in [0, 0.05) is 29.2 Å². The summed E-state index contributed by atoms with van der Waals surface area (Å²) in [6.07, 6.45) is 3.86. The maximum Gasteiger partial charge on any atom is 0.337 e. The number of nitrogens with zero attached hydrogens (tertiary/aromatic N) is 5. The van der Waals surface area contributed by atoms with E-state index in [2.05, 4.69) is 20.6 Å². The number of hydrogen-bond acceptors (Lipinski definition) is 7. The van der Waals surface area contributed by atoms with Gasteiger partial charge in [0.25, 0.3) is 0 Å². The zero-order chi connectivity index (χ0) is 27.3. The fourth-order valence-corrected chi connectivity index (χ4v) is 4.00. The Hall–Kier alpha value is -4.60. The van der Waals surface area contributed by atoms with Gasteiger partial charge in [0.2, 0.25) is 11.8 Å². The lowest BCUT2D eigenvalue weighted by molar-refractivity contribution is -0.128. The summed E-state index contributed by atoms with van der Waals surface area (Å²) in [6, 6.07) is 16.1. The Morgan fingerprint density at radius 2 is 1.79 bits per heavy atom. The first-order valence-electron chi connectivity index (χ1n) is 12.2. The summed E-state index contributed by atoms with van der Waals surface area (Å²) in [6.45, 7) is 5.65. The summed E-state index contributed by atoms with van der Waals surface area (Å²) >= 11 is 0. The van der Waals surface area contributed by atoms with Gasteiger partial charge >= 0.3 is 5.97 Å². The average Bonchev–Trinajstić information content (AvgIpc) is 3.34. The molecule has 0 radical (unpaired) electrons. The molecular formula is C28H30N6O4. The van der Waals surface area contributed by atoms with Gasteiger partial charge in [0.1, 0.15) is 18.1 Å². The second kappa shape index (κ2) is 11.2. The summed E-state index contributed by atoms with van der Waals surface area (Å²) < 4.78 is 6.31. The summed E-state index contributed by atoms with van der Waals surface area (Å²) in [5.74, 6) is -1.27. The van der Waals surface area contributed by atoms with Crippen LogP contribution in [0.3, 0.4) is 0 Å². The van der Waals surface area contributed by atoms with Crippen LogP contribution in [0, 0.1) is 0 Å². The van der Waals surface area contributed by atoms with Crippen molar-refractivity contribution in [1.82, 2.24) is 25.3 Å². The highest BCUT2D eigenvalue weighted by atomic mass is 16.5. The van der Waals surface area contributed by atoms with Crippen LogP contribution in [0.25, 0.3) is 11.0 Å². The van der Waals surface area contributed by atoms with Crippen LogP contribution in [0.5, 0.6) is 0 Å². The molecule has 4 aromatic rings. The van der Waals surface area contributed by atoms with E-state index in [0.29, 0.717) is 34.3 Å². The van der Waals surface area contributed by atoms with Gasteiger partial charge in [-0.1, -0.05) is 30.3 Å². The highest BCUT2D eigenvalue weighted by Crippen LogP contribution is 2.30. The van der Waals surface area contributed by atoms with Gasteiger partial charge in [0.15, 0.2) is 0 Å². The molecule has 0 aliphatic carbocycles. The van der Waals surface area contributed by atoms with Crippen LogP contribution in [0.15, 0.2) is 73.1 Å². The van der Waals surface area contributed by atoms with Crippen molar-refractivity contribution in [2.45, 2.75) is 45.3 Å². The zero-order valence-corrected chi connectivity index (χ0v) is 21.8. The number of pyridine rings is 1. The van der Waals surface area contributed by atoms with Crippen molar-refractivity contribution in [3.63, 3.8) is 0 Å². The molecule has 0 saturated heterocycles. The highest BCUT2D eigenvalue weighted by molar-refractivity contribution is 6.02. The predicted octanol–water partition coefficient (Wildman–Crippen LogP) is 3.69. The molecule has 0 bridgehead atoms. The molecule has 38 heavy (non-hydrogen) atoms. The van der Waals surface area contributed by atoms with Crippen molar-refractivity contribution in [2.75, 3.05) is 12.0 Å². The van der Waals surface area contributed by atoms with E-state index >= 15 is 0 Å². The van der Waals surface area contributed by atoms with Crippen molar-refractivity contribution in [2.24, 2.45) is 0 Å². The summed E-state index contributed by atoms with van der Waals surface area (Å²) in [5.41, 5.74) is 2.11. The Labute approximate surface area is 220 Å². The van der Waals surface area contributed by atoms with Crippen LogP contribution in [0.4, 0.5) is 5.69 Å². The van der Waals surface area contributed by atoms with Crippen molar-refractivity contribution < 1.29 is 19.1 Å². The Balaban J connectivity index is 1.81. The number of carbonyl (C=O) groups is 3. The largest absolute Gasteiger partial charge is 0.465 e. The molecular weight excluding hydrogens is 484 g/mol. The van der Waals surface area contributed by atoms with Crippen LogP contribution in [0.2, 0.25) is 0 Å². The van der Waals surface area contributed by atoms with E-state index in [4.69, 9.17) is 4.74 Å². The summed E-state index contributed by atoms with van der Waals surface area (Å²) in [5, 5.41) is 11.4. The first-order chi connectivity index (χ1) is 18.2. The third-order valence-corrected chi connectivity index (χ3v) is 6.39. The van der Waals surface area contributed by atoms with Gasteiger partial charge in [0.05, 0.1) is 18.2 Å². The van der Waals surface area contributed by atoms with Gasteiger partial charge in [-0.25, -0.2) is 9.48 Å². The lowest BCUT2D eigenvalue weighted by Crippen LogP contribution is -2.51. The second-order valence-electron chi connectivity index (χ2n) is 9.45. The number of amides is 2. The number of aromatic nitrogens is 4. The molecule has 196 valence electrons. The van der Waals surface area contributed by atoms with Crippen molar-refractivity contribution in [1.29, 1.82) is 0 Å². The van der Waals surface area contributed by atoms with Crippen molar-refractivity contribution >= 4 is 34.5 Å². The molecule has 2 aromatic carbocycles. The number of nitrogens with one attached hydrogen (secondary N) is 1. The molecule has 0 aliphatic rings. The normalized spacial score (nSPS) is 12.1. The molecule has 0 aliphatic heterocycles. The number of fused-ring (bicyclic) bond motifs is 1. The van der Waals surface area contributed by atoms with Crippen molar-refractivity contribution in [3.05, 3.63) is 84.2 Å². The van der Waals surface area contributed by atoms with Crippen LogP contribution >= 0.6 is 0 Å². The van der Waals surface area contributed by atoms with Crippen LogP contribution in [-0.4, -0.2) is 50.4 Å². The smallest absolute Gasteiger partial charge is 0.337 e. The van der Waals surface area contributed by atoms with E-state index in [1.165, 1.54) is 16.7 Å². The molecule has 10 nitrogen and oxygen atoms in total. The maximum atomic E-state index is 14.0. The van der Waals surface area contributed by atoms with Gasteiger partial charge in [-0.15, -0.1) is 5.10 Å². The molecule has 2 heterocycles. The lowest BCUT2D eigenvalue weighted by Gasteiger charge is -2.34. The fourth-order valence-electron chi connectivity index (χ4n) is 4.00. The Morgan fingerprint density at radius 3 is 2.45 bits per heavy atom. The van der Waals surface area contributed by atoms with Gasteiger partial charge in [-0.05, 0) is 62.7 Å². The molecule has 0 spiro atoms. The molecule has 2 aromatic heterocycles. The average molecular weight is 515 g/mol. The van der Waals surface area contributed by atoms with Crippen LogP contribution < -0.4 is 10.2 Å². The number of para-hydroxylation sites is 1. The first-order valence-corrected chi connectivity index (χ1v) is 12.2. The number of anilines is 1. The number of hydrogen-bond donors (Lipinski definition) is 1. The minimum atomic E-state index is -1.04. The number of benzene rings is 2. The van der Waals surface area contributed by atoms with Gasteiger partial charge in [-0.2, -0.15) is 0 Å². The molecule has 0 saturated carbocycles. The van der Waals surface area contributed by atoms with E-state index in [-0.39, 0.29) is 12.5 Å². The highest BCUT2D eigenvalue weighted by Gasteiger charge is 2.35. The minimum absolute atomic E-state index is 0.166. The summed E-state index contributed by atoms with van der Waals surface area (Å²) in [7, 11) is 1.30. The number of ether oxygens (including phenoxy) is 1. The van der Waals surface area contributed by atoms with Crippen LogP contribution in [-0.2, 0) is 20.9 Å². The Morgan fingerprint density at radius 1 is 1.05 bits per heavy atom. The van der Waals surface area contributed by atoms with Crippen LogP contribution in [0.1, 0.15) is 49.2 Å². The van der Waals surface area contributed by atoms with E-state index in [0.717, 1.165) is 0 Å². The number of esters is 1. The quantitative estimate of drug-likeness (QED) is 0.338. The number of methoxy groups -OCH3 is 1. The SMILES string of the molecule is CCC(C)(C)NC(=O)[C@@H](c1cccnc1)N(C(=O)Cn1nnc2ccccc21)c1ccc(C(=O)OC)cc1. The summed E-state index contributed by atoms with van der Waals surface area (Å²) in [4.78, 5) is 45.5. The monoisotopic (exact) mass is 514 g/mol. The molecule has 0 unspecified atom stereocenters. The van der Waals surface area contributed by atoms with E-state index in [1.807, 2.05) is 45.0 Å². The maximum absolute atomic E-state index is 14.0. The van der Waals surface area contributed by atoms with E-state index in [1.54, 1.807) is 48.8 Å². The minimum Gasteiger partial charge on any atom is -0.465 e. The van der Waals surface area contributed by atoms with E-state index < -0.39 is 23.5 Å². The Kier molecular flexibility index (Phi) is 7.80. The third-order valence-electron chi connectivity index (χ3n) is 6.39. The first kappa shape index (κ1) is 26.5. The molecule has 4 rings (SSSR count). The third kappa shape index (κ3) is 5.69. The van der Waals surface area contributed by atoms with Gasteiger partial charge in [-0.3, -0.25) is 19.5 Å². The standard InChI is InChI=1S/C28H30N6O4/c1-5-28(2,3)30-26(36)25(20-9-8-16-29-17-20)34(21-14-12-19(13-15-21)27(37)38-4)24(35)18-33-23-11-7-6-10-22(23)31-32-33/h6-17,25H,5,18H2,1-4H3,(H,30,36)/t25-/m1/s1. The van der Waals surface area contributed by atoms with Crippen molar-refractivity contribution in [3.8, 4) is 0 Å². The molecule has 10 heteroatoms. The molecule has 1 atom stereocenters. The lowest BCUT2D eigenvalue weighted by atomic mass is 9.99.